The van der Waals surface area contributed by atoms with E-state index >= 15 is 0 Å². The van der Waals surface area contributed by atoms with Gasteiger partial charge >= 0.3 is 5.97 Å². The molecule has 0 saturated carbocycles. The van der Waals surface area contributed by atoms with Crippen molar-refractivity contribution in [3.63, 3.8) is 0 Å². The summed E-state index contributed by atoms with van der Waals surface area (Å²) in [6.45, 7) is 4.05. The van der Waals surface area contributed by atoms with Crippen LogP contribution in [0.25, 0.3) is 0 Å². The largest absolute Gasteiger partial charge is 0.461 e. The number of nitrogens with two attached hydrogens (primary N) is 1. The number of ketones is 1. The van der Waals surface area contributed by atoms with Crippen LogP contribution in [0.2, 0.25) is 0 Å². The Balaban J connectivity index is 1.98. The molecular weight excluding hydrogens is 358 g/mol. The van der Waals surface area contributed by atoms with Gasteiger partial charge in [-0.1, -0.05) is 18.2 Å². The predicted molar refractivity (Wildman–Crippen MR) is 105 cm³/mol. The molecule has 1 fully saturated rings. The van der Waals surface area contributed by atoms with E-state index in [0.29, 0.717) is 24.2 Å². The Kier molecular flexibility index (Phi) is 5.63. The minimum Gasteiger partial charge on any atom is -0.461 e. The fourth-order valence-corrected chi connectivity index (χ4v) is 3.38. The van der Waals surface area contributed by atoms with Gasteiger partial charge in [-0.15, -0.1) is 0 Å². The van der Waals surface area contributed by atoms with Crippen molar-refractivity contribution in [2.24, 2.45) is 5.73 Å². The molecule has 0 radical (unpaired) electrons. The number of ether oxygens (including phenoxy) is 1. The average Bonchev–Trinajstić information content (AvgIpc) is 3.26. The van der Waals surface area contributed by atoms with Crippen LogP contribution >= 0.6 is 0 Å². The number of carbonyl (C=O) groups is 3. The highest BCUT2D eigenvalue weighted by Crippen LogP contribution is 2.34. The molecule has 28 heavy (non-hydrogen) atoms. The van der Waals surface area contributed by atoms with Gasteiger partial charge in [0.1, 0.15) is 5.69 Å². The van der Waals surface area contributed by atoms with Gasteiger partial charge in [-0.3, -0.25) is 9.59 Å². The number of allylic oxidation sites excluding steroid dienone is 2. The van der Waals surface area contributed by atoms with Crippen LogP contribution in [-0.4, -0.2) is 35.8 Å². The van der Waals surface area contributed by atoms with Crippen LogP contribution in [0, 0.1) is 0 Å². The summed E-state index contributed by atoms with van der Waals surface area (Å²) in [6.07, 6.45) is 1.82. The molecule has 1 aromatic carbocycles. The Labute approximate surface area is 163 Å². The number of amides is 1. The summed E-state index contributed by atoms with van der Waals surface area (Å²) < 4.78 is 5.02. The lowest BCUT2D eigenvalue weighted by Gasteiger charge is -2.16. The quantitative estimate of drug-likeness (QED) is 0.455. The fraction of sp³-hybridized carbons (Fsp3) is 0.286. The number of benzene rings is 1. The maximum absolute atomic E-state index is 13.1. The summed E-state index contributed by atoms with van der Waals surface area (Å²) in [5, 5.41) is 0. The second kappa shape index (κ2) is 8.12. The lowest BCUT2D eigenvalue weighted by atomic mass is 9.96. The van der Waals surface area contributed by atoms with Gasteiger partial charge in [0.25, 0.3) is 0 Å². The predicted octanol–water partition coefficient (Wildman–Crippen LogP) is 2.76. The second-order valence-electron chi connectivity index (χ2n) is 6.65. The van der Waals surface area contributed by atoms with Crippen LogP contribution in [-0.2, 0) is 9.53 Å². The summed E-state index contributed by atoms with van der Waals surface area (Å²) in [5.41, 5.74) is 7.62. The van der Waals surface area contributed by atoms with Gasteiger partial charge in [-0.2, -0.15) is 0 Å². The first-order chi connectivity index (χ1) is 13.4. The van der Waals surface area contributed by atoms with Crippen LogP contribution in [0.3, 0.4) is 0 Å². The van der Waals surface area contributed by atoms with Gasteiger partial charge in [-0.25, -0.2) is 4.79 Å². The number of carbonyl (C=O) groups excluding carboxylic acids is 3. The average molecular weight is 381 g/mol. The molecule has 0 spiro atoms. The number of hydrogen-bond acceptors (Lipinski definition) is 5. The van der Waals surface area contributed by atoms with E-state index in [0.717, 1.165) is 5.69 Å². The van der Waals surface area contributed by atoms with Gasteiger partial charge in [-0.05, 0) is 44.0 Å². The molecule has 0 aliphatic carbocycles. The van der Waals surface area contributed by atoms with Crippen LogP contribution in [0.15, 0.2) is 48.2 Å². The highest BCUT2D eigenvalue weighted by molar-refractivity contribution is 6.08. The maximum atomic E-state index is 13.1. The smallest absolute Gasteiger partial charge is 0.354 e. The Morgan fingerprint density at radius 2 is 2.04 bits per heavy atom. The molecule has 3 N–H and O–H groups in total. The lowest BCUT2D eigenvalue weighted by Crippen LogP contribution is -2.26. The van der Waals surface area contributed by atoms with Crippen molar-refractivity contribution in [3.8, 4) is 0 Å². The summed E-state index contributed by atoms with van der Waals surface area (Å²) in [6, 6.07) is 10.9. The first-order valence-corrected chi connectivity index (χ1v) is 9.17. The number of para-hydroxylation sites is 1. The number of esters is 1. The Morgan fingerprint density at radius 1 is 1.32 bits per heavy atom. The molecule has 7 heteroatoms. The first-order valence-electron chi connectivity index (χ1n) is 9.17. The number of H-pyrrole nitrogens is 1. The molecule has 1 unspecified atom stereocenters. The summed E-state index contributed by atoms with van der Waals surface area (Å²) in [7, 11) is 0. The van der Waals surface area contributed by atoms with Gasteiger partial charge < -0.3 is 20.4 Å². The van der Waals surface area contributed by atoms with Gasteiger partial charge in [0, 0.05) is 24.0 Å². The van der Waals surface area contributed by atoms with Crippen molar-refractivity contribution in [2.45, 2.75) is 26.2 Å². The topological polar surface area (TPSA) is 105 Å². The van der Waals surface area contributed by atoms with Gasteiger partial charge in [0.2, 0.25) is 11.7 Å². The Hall–Kier alpha value is -3.35. The van der Waals surface area contributed by atoms with E-state index < -0.39 is 11.9 Å². The summed E-state index contributed by atoms with van der Waals surface area (Å²) in [5.74, 6) is -1.58. The van der Waals surface area contributed by atoms with E-state index in [1.54, 1.807) is 24.8 Å². The first kappa shape index (κ1) is 19.4. The second-order valence-corrected chi connectivity index (χ2v) is 6.65. The van der Waals surface area contributed by atoms with E-state index in [4.69, 9.17) is 10.5 Å². The van der Waals surface area contributed by atoms with Crippen LogP contribution < -0.4 is 10.6 Å². The SMILES string of the molecule is CCOC(=O)c1cc(C2CCN(c3ccccc3)C2=O)c(C(=O)/C=C(\C)N)[nH]1. The zero-order chi connectivity index (χ0) is 20.3. The summed E-state index contributed by atoms with van der Waals surface area (Å²) in [4.78, 5) is 42.3. The number of aromatic nitrogens is 1. The third-order valence-electron chi connectivity index (χ3n) is 4.60. The van der Waals surface area contributed by atoms with Gasteiger partial charge in [0.15, 0.2) is 0 Å². The van der Waals surface area contributed by atoms with E-state index in [-0.39, 0.29) is 29.7 Å². The summed E-state index contributed by atoms with van der Waals surface area (Å²) >= 11 is 0. The molecule has 2 aromatic rings. The molecule has 1 aliphatic rings. The van der Waals surface area contributed by atoms with Crippen LogP contribution in [0.1, 0.15) is 52.7 Å². The molecule has 1 atom stereocenters. The Bertz CT molecular complexity index is 926. The molecule has 1 aliphatic heterocycles. The molecule has 0 bridgehead atoms. The standard InChI is InChI=1S/C21H23N3O4/c1-3-28-21(27)17-12-16(19(23-17)18(25)11-13(2)22)15-9-10-24(20(15)26)14-7-5-4-6-8-14/h4-8,11-12,15,23H,3,9-10,22H2,1-2H3/b13-11+. The van der Waals surface area contributed by atoms with Crippen molar-refractivity contribution in [3.05, 3.63) is 65.1 Å². The number of anilines is 1. The van der Waals surface area contributed by atoms with E-state index in [9.17, 15) is 14.4 Å². The maximum Gasteiger partial charge on any atom is 0.354 e. The zero-order valence-corrected chi connectivity index (χ0v) is 15.9. The highest BCUT2D eigenvalue weighted by Gasteiger charge is 2.37. The number of hydrogen-bond donors (Lipinski definition) is 2. The normalized spacial score (nSPS) is 17.1. The van der Waals surface area contributed by atoms with Crippen LogP contribution in [0.4, 0.5) is 5.69 Å². The highest BCUT2D eigenvalue weighted by atomic mass is 16.5. The number of aromatic amines is 1. The van der Waals surface area contributed by atoms with Crippen molar-refractivity contribution < 1.29 is 19.1 Å². The van der Waals surface area contributed by atoms with Crippen molar-refractivity contribution in [2.75, 3.05) is 18.1 Å². The minimum atomic E-state index is -0.568. The van der Waals surface area contributed by atoms with E-state index in [2.05, 4.69) is 4.98 Å². The molecule has 1 aromatic heterocycles. The third kappa shape index (κ3) is 3.83. The molecule has 146 valence electrons. The van der Waals surface area contributed by atoms with Gasteiger partial charge in [0.05, 0.1) is 18.2 Å². The molecule has 7 nitrogen and oxygen atoms in total. The minimum absolute atomic E-state index is 0.108. The van der Waals surface area contributed by atoms with Crippen molar-refractivity contribution in [1.82, 2.24) is 4.98 Å². The zero-order valence-electron chi connectivity index (χ0n) is 15.9. The molecule has 3 rings (SSSR count). The molecule has 1 saturated heterocycles. The monoisotopic (exact) mass is 381 g/mol. The van der Waals surface area contributed by atoms with E-state index in [1.807, 2.05) is 30.3 Å². The number of rotatable bonds is 6. The number of nitrogens with one attached hydrogen (secondary N) is 1. The Morgan fingerprint density at radius 3 is 2.68 bits per heavy atom. The number of nitrogens with zero attached hydrogens (tertiary/aromatic N) is 1. The van der Waals surface area contributed by atoms with Crippen LogP contribution in [0.5, 0.6) is 0 Å². The lowest BCUT2D eigenvalue weighted by molar-refractivity contribution is -0.118. The van der Waals surface area contributed by atoms with E-state index in [1.165, 1.54) is 6.08 Å². The molecule has 1 amide bonds. The molecular formula is C21H23N3O4. The fourth-order valence-electron chi connectivity index (χ4n) is 3.38. The third-order valence-corrected chi connectivity index (χ3v) is 4.60. The molecule has 2 heterocycles. The van der Waals surface area contributed by atoms with Crippen molar-refractivity contribution >= 4 is 23.3 Å². The van der Waals surface area contributed by atoms with Crippen molar-refractivity contribution in [1.29, 1.82) is 0 Å².